The first kappa shape index (κ1) is 14.1. The molecule has 0 fully saturated rings. The first-order valence-corrected chi connectivity index (χ1v) is 5.37. The van der Waals surface area contributed by atoms with Gasteiger partial charge in [-0.2, -0.15) is 4.98 Å². The number of aliphatic hydroxyl groups is 2. The van der Waals surface area contributed by atoms with Gasteiger partial charge < -0.3 is 15.5 Å². The Balaban J connectivity index is 2.75. The van der Waals surface area contributed by atoms with Crippen molar-refractivity contribution < 1.29 is 15.0 Å². The minimum atomic E-state index is -1.34. The highest BCUT2D eigenvalue weighted by Crippen LogP contribution is 2.03. The zero-order valence-electron chi connectivity index (χ0n) is 9.74. The summed E-state index contributed by atoms with van der Waals surface area (Å²) in [5.74, 6) is -0.169. The normalized spacial score (nSPS) is 11.9. The number of hydrogen-bond donors (Lipinski definition) is 3. The highest BCUT2D eigenvalue weighted by molar-refractivity contribution is 5.89. The number of anilines is 1. The van der Waals surface area contributed by atoms with E-state index >= 15 is 0 Å². The van der Waals surface area contributed by atoms with Crippen LogP contribution in [0.2, 0.25) is 0 Å². The first-order chi connectivity index (χ1) is 8.58. The lowest BCUT2D eigenvalue weighted by Gasteiger charge is -2.10. The molecule has 1 aromatic heterocycles. The SMILES string of the molecule is C=CCCC(=O)Nc1ccn(C(O)CO)c(=O)n1. The van der Waals surface area contributed by atoms with E-state index in [1.54, 1.807) is 6.08 Å². The molecule has 0 aromatic carbocycles. The van der Waals surface area contributed by atoms with E-state index in [0.717, 1.165) is 4.57 Å². The molecule has 1 rings (SSSR count). The van der Waals surface area contributed by atoms with Crippen LogP contribution in [-0.2, 0) is 4.79 Å². The van der Waals surface area contributed by atoms with Crippen molar-refractivity contribution in [1.29, 1.82) is 0 Å². The van der Waals surface area contributed by atoms with Crippen molar-refractivity contribution in [2.45, 2.75) is 19.1 Å². The molecule has 0 bridgehead atoms. The van der Waals surface area contributed by atoms with E-state index in [1.165, 1.54) is 12.3 Å². The van der Waals surface area contributed by atoms with Gasteiger partial charge in [0.05, 0.1) is 6.61 Å². The molecule has 7 nitrogen and oxygen atoms in total. The van der Waals surface area contributed by atoms with Crippen molar-refractivity contribution in [2.24, 2.45) is 0 Å². The summed E-state index contributed by atoms with van der Waals surface area (Å²) >= 11 is 0. The average molecular weight is 253 g/mol. The van der Waals surface area contributed by atoms with Crippen molar-refractivity contribution >= 4 is 11.7 Å². The van der Waals surface area contributed by atoms with Crippen LogP contribution in [0, 0.1) is 0 Å². The maximum atomic E-state index is 11.4. The Morgan fingerprint density at radius 3 is 2.94 bits per heavy atom. The predicted molar refractivity (Wildman–Crippen MR) is 64.9 cm³/mol. The summed E-state index contributed by atoms with van der Waals surface area (Å²) in [6, 6.07) is 1.37. The molecule has 0 radical (unpaired) electrons. The summed E-state index contributed by atoms with van der Waals surface area (Å²) in [7, 11) is 0. The number of amides is 1. The molecule has 1 atom stereocenters. The summed E-state index contributed by atoms with van der Waals surface area (Å²) in [5.41, 5.74) is -0.752. The van der Waals surface area contributed by atoms with Gasteiger partial charge in [-0.15, -0.1) is 6.58 Å². The number of carbonyl (C=O) groups is 1. The van der Waals surface area contributed by atoms with Gasteiger partial charge in [-0.05, 0) is 12.5 Å². The van der Waals surface area contributed by atoms with Crippen LogP contribution in [0.5, 0.6) is 0 Å². The van der Waals surface area contributed by atoms with Gasteiger partial charge in [0, 0.05) is 12.6 Å². The topological polar surface area (TPSA) is 104 Å². The fourth-order valence-corrected chi connectivity index (χ4v) is 1.24. The second kappa shape index (κ2) is 6.67. The Kier molecular flexibility index (Phi) is 5.22. The molecule has 3 N–H and O–H groups in total. The zero-order valence-corrected chi connectivity index (χ0v) is 9.74. The van der Waals surface area contributed by atoms with Crippen LogP contribution >= 0.6 is 0 Å². The fourth-order valence-electron chi connectivity index (χ4n) is 1.24. The lowest BCUT2D eigenvalue weighted by atomic mass is 10.3. The van der Waals surface area contributed by atoms with Crippen LogP contribution in [0.1, 0.15) is 19.1 Å². The molecule has 98 valence electrons. The molecule has 1 heterocycles. The average Bonchev–Trinajstić information content (AvgIpc) is 2.35. The molecule has 0 saturated carbocycles. The molecule has 18 heavy (non-hydrogen) atoms. The van der Waals surface area contributed by atoms with Gasteiger partial charge >= 0.3 is 5.69 Å². The van der Waals surface area contributed by atoms with Gasteiger partial charge in [0.25, 0.3) is 0 Å². The van der Waals surface area contributed by atoms with Gasteiger partial charge in [-0.1, -0.05) is 6.08 Å². The molecule has 0 aliphatic rings. The van der Waals surface area contributed by atoms with Gasteiger partial charge in [0.15, 0.2) is 6.23 Å². The maximum absolute atomic E-state index is 11.4. The predicted octanol–water partition coefficient (Wildman–Crippen LogP) is -0.369. The van der Waals surface area contributed by atoms with Gasteiger partial charge in [0.1, 0.15) is 5.82 Å². The molecule has 1 unspecified atom stereocenters. The molecule has 0 saturated heterocycles. The third-order valence-corrected chi connectivity index (χ3v) is 2.16. The van der Waals surface area contributed by atoms with Crippen molar-refractivity contribution in [2.75, 3.05) is 11.9 Å². The van der Waals surface area contributed by atoms with Gasteiger partial charge in [-0.3, -0.25) is 9.36 Å². The van der Waals surface area contributed by atoms with E-state index in [4.69, 9.17) is 5.11 Å². The summed E-state index contributed by atoms with van der Waals surface area (Å²) in [4.78, 5) is 26.4. The summed E-state index contributed by atoms with van der Waals surface area (Å²) in [6.45, 7) is 2.90. The number of nitrogens with zero attached hydrogens (tertiary/aromatic N) is 2. The van der Waals surface area contributed by atoms with E-state index in [2.05, 4.69) is 16.9 Å². The molecular formula is C11H15N3O4. The summed E-state index contributed by atoms with van der Waals surface area (Å²) < 4.78 is 0.861. The summed E-state index contributed by atoms with van der Waals surface area (Å²) in [5, 5.41) is 20.4. The standard InChI is InChI=1S/C11H15N3O4/c1-2-3-4-9(16)12-8-5-6-14(10(17)7-15)11(18)13-8/h2,5-6,10,15,17H,1,3-4,7H2,(H,12,13,16,18). The lowest BCUT2D eigenvalue weighted by Crippen LogP contribution is -2.29. The van der Waals surface area contributed by atoms with Crippen LogP contribution in [-0.4, -0.2) is 32.3 Å². The second-order valence-electron chi connectivity index (χ2n) is 3.54. The quantitative estimate of drug-likeness (QED) is 0.600. The molecule has 0 aliphatic heterocycles. The van der Waals surface area contributed by atoms with Crippen LogP contribution in [0.4, 0.5) is 5.82 Å². The number of nitrogens with one attached hydrogen (secondary N) is 1. The van der Waals surface area contributed by atoms with Crippen molar-refractivity contribution in [3.8, 4) is 0 Å². The van der Waals surface area contributed by atoms with E-state index in [0.29, 0.717) is 6.42 Å². The number of aromatic nitrogens is 2. The molecule has 7 heteroatoms. The van der Waals surface area contributed by atoms with Crippen LogP contribution < -0.4 is 11.0 Å². The highest BCUT2D eigenvalue weighted by atomic mass is 16.3. The minimum absolute atomic E-state index is 0.107. The van der Waals surface area contributed by atoms with Crippen LogP contribution in [0.25, 0.3) is 0 Å². The smallest absolute Gasteiger partial charge is 0.351 e. The van der Waals surface area contributed by atoms with E-state index in [-0.39, 0.29) is 18.1 Å². The number of carbonyl (C=O) groups excluding carboxylic acids is 1. The molecular weight excluding hydrogens is 238 g/mol. The zero-order chi connectivity index (χ0) is 13.5. The Morgan fingerprint density at radius 2 is 2.39 bits per heavy atom. The number of aliphatic hydroxyl groups excluding tert-OH is 2. The molecule has 0 spiro atoms. The minimum Gasteiger partial charge on any atom is -0.392 e. The van der Waals surface area contributed by atoms with Crippen molar-refractivity contribution in [3.05, 3.63) is 35.4 Å². The number of hydrogen-bond acceptors (Lipinski definition) is 5. The molecule has 1 amide bonds. The lowest BCUT2D eigenvalue weighted by molar-refractivity contribution is -0.116. The fraction of sp³-hybridized carbons (Fsp3) is 0.364. The van der Waals surface area contributed by atoms with Crippen molar-refractivity contribution in [1.82, 2.24) is 9.55 Å². The Hall–Kier alpha value is -1.99. The van der Waals surface area contributed by atoms with E-state index in [9.17, 15) is 14.7 Å². The second-order valence-corrected chi connectivity index (χ2v) is 3.54. The molecule has 0 aliphatic carbocycles. The van der Waals surface area contributed by atoms with E-state index in [1.807, 2.05) is 0 Å². The Labute approximate surface area is 103 Å². The monoisotopic (exact) mass is 253 g/mol. The molecule has 1 aromatic rings. The Morgan fingerprint density at radius 1 is 1.67 bits per heavy atom. The highest BCUT2D eigenvalue weighted by Gasteiger charge is 2.09. The maximum Gasteiger partial charge on any atom is 0.351 e. The van der Waals surface area contributed by atoms with Crippen LogP contribution in [0.3, 0.4) is 0 Å². The summed E-state index contributed by atoms with van der Waals surface area (Å²) in [6.07, 6.45) is 2.32. The third kappa shape index (κ3) is 3.79. The largest absolute Gasteiger partial charge is 0.392 e. The van der Waals surface area contributed by atoms with Crippen molar-refractivity contribution in [3.63, 3.8) is 0 Å². The van der Waals surface area contributed by atoms with Crippen LogP contribution in [0.15, 0.2) is 29.7 Å². The Bertz CT molecular complexity index is 483. The number of rotatable bonds is 6. The first-order valence-electron chi connectivity index (χ1n) is 5.37. The third-order valence-electron chi connectivity index (χ3n) is 2.16. The van der Waals surface area contributed by atoms with E-state index < -0.39 is 18.5 Å². The van der Waals surface area contributed by atoms with Gasteiger partial charge in [-0.25, -0.2) is 4.79 Å². The van der Waals surface area contributed by atoms with Gasteiger partial charge in [0.2, 0.25) is 5.91 Å². The number of allylic oxidation sites excluding steroid dienone is 1.